The van der Waals surface area contributed by atoms with Crippen LogP contribution in [0, 0.1) is 11.3 Å². The van der Waals surface area contributed by atoms with Crippen LogP contribution < -0.4 is 5.32 Å². The first-order valence-corrected chi connectivity index (χ1v) is 8.31. The topological polar surface area (TPSA) is 12.0 Å². The van der Waals surface area contributed by atoms with E-state index in [2.05, 4.69) is 56.4 Å². The van der Waals surface area contributed by atoms with E-state index in [-0.39, 0.29) is 5.41 Å². The summed E-state index contributed by atoms with van der Waals surface area (Å²) >= 11 is 0. The molecule has 0 spiro atoms. The fourth-order valence-corrected chi connectivity index (χ4v) is 3.81. The summed E-state index contributed by atoms with van der Waals surface area (Å²) in [4.78, 5) is 0. The Bertz CT molecular complexity index is 440. The van der Waals surface area contributed by atoms with Gasteiger partial charge in [-0.05, 0) is 61.3 Å². The van der Waals surface area contributed by atoms with Crippen molar-refractivity contribution in [1.82, 2.24) is 5.32 Å². The van der Waals surface area contributed by atoms with Crippen molar-refractivity contribution in [1.29, 1.82) is 0 Å². The van der Waals surface area contributed by atoms with Gasteiger partial charge in [0.15, 0.2) is 0 Å². The molecule has 0 bridgehead atoms. The molecular weight excluding hydrogens is 242 g/mol. The van der Waals surface area contributed by atoms with Crippen LogP contribution in [0.5, 0.6) is 0 Å². The second kappa shape index (κ2) is 5.18. The van der Waals surface area contributed by atoms with Gasteiger partial charge in [0.25, 0.3) is 0 Å². The summed E-state index contributed by atoms with van der Waals surface area (Å²) in [5.74, 6) is 1.06. The fourth-order valence-electron chi connectivity index (χ4n) is 3.81. The van der Waals surface area contributed by atoms with Crippen LogP contribution in [0.3, 0.4) is 0 Å². The first-order chi connectivity index (χ1) is 9.52. The van der Waals surface area contributed by atoms with Crippen molar-refractivity contribution < 1.29 is 0 Å². The third kappa shape index (κ3) is 3.09. The van der Waals surface area contributed by atoms with Crippen LogP contribution in [0.2, 0.25) is 0 Å². The minimum atomic E-state index is 0.254. The smallest absolute Gasteiger partial charge is 0.00472 e. The fraction of sp³-hybridized carbons (Fsp3) is 0.684. The number of hydrogen-bond donors (Lipinski definition) is 1. The summed E-state index contributed by atoms with van der Waals surface area (Å²) in [6.45, 7) is 8.35. The highest BCUT2D eigenvalue weighted by Crippen LogP contribution is 2.60. The zero-order chi connectivity index (χ0) is 14.2. The maximum atomic E-state index is 3.83. The van der Waals surface area contributed by atoms with E-state index < -0.39 is 0 Å². The van der Waals surface area contributed by atoms with Crippen molar-refractivity contribution in [3.8, 4) is 0 Å². The molecule has 20 heavy (non-hydrogen) atoms. The summed E-state index contributed by atoms with van der Waals surface area (Å²) in [6, 6.07) is 11.5. The van der Waals surface area contributed by atoms with Gasteiger partial charge in [-0.15, -0.1) is 0 Å². The molecule has 0 aromatic heterocycles. The van der Waals surface area contributed by atoms with Crippen molar-refractivity contribution in [3.05, 3.63) is 35.9 Å². The van der Waals surface area contributed by atoms with Gasteiger partial charge in [0, 0.05) is 12.6 Å². The van der Waals surface area contributed by atoms with E-state index in [0.29, 0.717) is 11.5 Å². The quantitative estimate of drug-likeness (QED) is 0.768. The minimum Gasteiger partial charge on any atom is -0.314 e. The largest absolute Gasteiger partial charge is 0.314 e. The number of hydrogen-bond acceptors (Lipinski definition) is 1. The highest BCUT2D eigenvalue weighted by atomic mass is 14.9. The molecule has 0 heterocycles. The van der Waals surface area contributed by atoms with Crippen molar-refractivity contribution in [2.45, 2.75) is 64.3 Å². The standard InChI is InChI=1S/C19H29N/c1-15(20-14-19(11-12-19)17-9-10-17)13-18(2,3)16-7-5-4-6-8-16/h4-8,15,17,20H,9-14H2,1-3H3. The van der Waals surface area contributed by atoms with Crippen LogP contribution in [-0.2, 0) is 5.41 Å². The molecule has 3 rings (SSSR count). The normalized spacial score (nSPS) is 22.6. The first-order valence-electron chi connectivity index (χ1n) is 8.31. The molecule has 2 saturated carbocycles. The molecule has 0 radical (unpaired) electrons. The second-order valence-electron chi connectivity index (χ2n) is 7.87. The van der Waals surface area contributed by atoms with Gasteiger partial charge in [-0.3, -0.25) is 0 Å². The van der Waals surface area contributed by atoms with Gasteiger partial charge in [0.1, 0.15) is 0 Å². The monoisotopic (exact) mass is 271 g/mol. The highest BCUT2D eigenvalue weighted by molar-refractivity contribution is 5.23. The lowest BCUT2D eigenvalue weighted by atomic mass is 9.79. The van der Waals surface area contributed by atoms with E-state index in [1.165, 1.54) is 44.2 Å². The van der Waals surface area contributed by atoms with Gasteiger partial charge in [-0.25, -0.2) is 0 Å². The van der Waals surface area contributed by atoms with Gasteiger partial charge in [0.2, 0.25) is 0 Å². The molecule has 1 aromatic rings. The van der Waals surface area contributed by atoms with Crippen LogP contribution in [0.4, 0.5) is 0 Å². The van der Waals surface area contributed by atoms with Gasteiger partial charge < -0.3 is 5.32 Å². The lowest BCUT2D eigenvalue weighted by Gasteiger charge is -2.30. The lowest BCUT2D eigenvalue weighted by molar-refractivity contribution is 0.336. The average Bonchev–Trinajstić information content (AvgIpc) is 3.28. The molecule has 2 fully saturated rings. The van der Waals surface area contributed by atoms with E-state index in [1.807, 2.05) is 0 Å². The second-order valence-corrected chi connectivity index (χ2v) is 7.87. The van der Waals surface area contributed by atoms with E-state index >= 15 is 0 Å². The first kappa shape index (κ1) is 14.1. The molecule has 1 aromatic carbocycles. The molecule has 0 amide bonds. The minimum absolute atomic E-state index is 0.254. The zero-order valence-corrected chi connectivity index (χ0v) is 13.3. The Kier molecular flexibility index (Phi) is 3.66. The third-order valence-electron chi connectivity index (χ3n) is 5.51. The molecule has 2 aliphatic rings. The molecule has 1 N–H and O–H groups in total. The number of nitrogens with one attached hydrogen (secondary N) is 1. The van der Waals surface area contributed by atoms with E-state index in [9.17, 15) is 0 Å². The maximum Gasteiger partial charge on any atom is 0.00472 e. The Morgan fingerprint density at radius 2 is 1.85 bits per heavy atom. The molecule has 0 aliphatic heterocycles. The summed E-state index contributed by atoms with van der Waals surface area (Å²) in [5.41, 5.74) is 2.42. The highest BCUT2D eigenvalue weighted by Gasteiger charge is 2.53. The Hall–Kier alpha value is -0.820. The molecule has 1 unspecified atom stereocenters. The number of benzene rings is 1. The van der Waals surface area contributed by atoms with Crippen LogP contribution in [-0.4, -0.2) is 12.6 Å². The molecule has 1 heteroatoms. The van der Waals surface area contributed by atoms with Crippen molar-refractivity contribution in [2.24, 2.45) is 11.3 Å². The Labute approximate surface area is 124 Å². The van der Waals surface area contributed by atoms with Gasteiger partial charge in [0.05, 0.1) is 0 Å². The van der Waals surface area contributed by atoms with Crippen LogP contribution in [0.1, 0.15) is 58.4 Å². The lowest BCUT2D eigenvalue weighted by Crippen LogP contribution is -2.37. The number of rotatable bonds is 7. The summed E-state index contributed by atoms with van der Waals surface area (Å²) in [7, 11) is 0. The zero-order valence-electron chi connectivity index (χ0n) is 13.3. The van der Waals surface area contributed by atoms with Crippen molar-refractivity contribution in [3.63, 3.8) is 0 Å². The molecule has 0 saturated heterocycles. The van der Waals surface area contributed by atoms with Crippen LogP contribution in [0.25, 0.3) is 0 Å². The van der Waals surface area contributed by atoms with E-state index in [0.717, 1.165) is 5.92 Å². The van der Waals surface area contributed by atoms with Crippen molar-refractivity contribution >= 4 is 0 Å². The van der Waals surface area contributed by atoms with Gasteiger partial charge in [-0.1, -0.05) is 44.2 Å². The van der Waals surface area contributed by atoms with Gasteiger partial charge >= 0.3 is 0 Å². The van der Waals surface area contributed by atoms with Crippen molar-refractivity contribution in [2.75, 3.05) is 6.54 Å². The Morgan fingerprint density at radius 3 is 2.40 bits per heavy atom. The third-order valence-corrected chi connectivity index (χ3v) is 5.51. The molecule has 1 nitrogen and oxygen atoms in total. The summed E-state index contributed by atoms with van der Waals surface area (Å²) < 4.78 is 0. The maximum absolute atomic E-state index is 3.83. The summed E-state index contributed by atoms with van der Waals surface area (Å²) in [5, 5.41) is 3.83. The predicted octanol–water partition coefficient (Wildman–Crippen LogP) is 4.52. The van der Waals surface area contributed by atoms with E-state index in [1.54, 1.807) is 0 Å². The molecular formula is C19H29N. The Balaban J connectivity index is 1.51. The summed E-state index contributed by atoms with van der Waals surface area (Å²) in [6.07, 6.45) is 7.13. The van der Waals surface area contributed by atoms with E-state index in [4.69, 9.17) is 0 Å². The molecule has 1 atom stereocenters. The predicted molar refractivity (Wildman–Crippen MR) is 85.9 cm³/mol. The Morgan fingerprint density at radius 1 is 1.20 bits per heavy atom. The van der Waals surface area contributed by atoms with Crippen LogP contribution in [0.15, 0.2) is 30.3 Å². The van der Waals surface area contributed by atoms with Crippen LogP contribution >= 0.6 is 0 Å². The molecule has 2 aliphatic carbocycles. The SMILES string of the molecule is CC(CC(C)(C)c1ccccc1)NCC1(C2CC2)CC1. The molecule has 110 valence electrons. The van der Waals surface area contributed by atoms with Gasteiger partial charge in [-0.2, -0.15) is 0 Å². The average molecular weight is 271 g/mol.